The molecular formula is C21H23N3O7. The molecule has 1 saturated heterocycles. The standard InChI is InChI=1S/C21H23N3O7/c1-29-19-11-14(8-9-18(19)24(27)28)31-13-20(25)23-17-7-3-2-6-16(17)21(26)22-12-15-5-4-10-30-15/h2-3,6-9,11,15H,4-5,10,12-13H2,1H3,(H,22,26)(H,23,25). The highest BCUT2D eigenvalue weighted by atomic mass is 16.6. The molecule has 1 aliphatic heterocycles. The maximum atomic E-state index is 12.5. The number of ether oxygens (including phenoxy) is 3. The second-order valence-electron chi connectivity index (χ2n) is 6.82. The number of methoxy groups -OCH3 is 1. The second kappa shape index (κ2) is 10.4. The minimum absolute atomic E-state index is 0.0118. The number of nitrogens with one attached hydrogen (secondary N) is 2. The number of anilines is 1. The van der Waals surface area contributed by atoms with Crippen molar-refractivity contribution in [1.29, 1.82) is 0 Å². The summed E-state index contributed by atoms with van der Waals surface area (Å²) in [7, 11) is 1.31. The first kappa shape index (κ1) is 22.0. The van der Waals surface area contributed by atoms with Crippen molar-refractivity contribution in [2.75, 3.05) is 32.2 Å². The predicted molar refractivity (Wildman–Crippen MR) is 112 cm³/mol. The third kappa shape index (κ3) is 5.92. The number of rotatable bonds is 9. The molecule has 0 saturated carbocycles. The molecule has 1 aliphatic rings. The molecule has 2 aromatic carbocycles. The zero-order valence-corrected chi connectivity index (χ0v) is 17.0. The SMILES string of the molecule is COc1cc(OCC(=O)Nc2ccccc2C(=O)NCC2CCCO2)ccc1[N+](=O)[O-]. The van der Waals surface area contributed by atoms with Crippen molar-refractivity contribution in [2.45, 2.75) is 18.9 Å². The first-order valence-electron chi connectivity index (χ1n) is 9.72. The number of carbonyl (C=O) groups excluding carboxylic acids is 2. The number of nitro groups is 1. The maximum Gasteiger partial charge on any atom is 0.311 e. The fourth-order valence-corrected chi connectivity index (χ4v) is 3.13. The Labute approximate surface area is 178 Å². The van der Waals surface area contributed by atoms with Crippen molar-refractivity contribution >= 4 is 23.2 Å². The van der Waals surface area contributed by atoms with Crippen LogP contribution >= 0.6 is 0 Å². The van der Waals surface area contributed by atoms with E-state index in [9.17, 15) is 19.7 Å². The van der Waals surface area contributed by atoms with Gasteiger partial charge in [-0.25, -0.2) is 0 Å². The molecule has 10 nitrogen and oxygen atoms in total. The summed E-state index contributed by atoms with van der Waals surface area (Å²) in [5.41, 5.74) is 0.468. The van der Waals surface area contributed by atoms with E-state index in [1.807, 2.05) is 0 Å². The van der Waals surface area contributed by atoms with E-state index in [-0.39, 0.29) is 35.8 Å². The monoisotopic (exact) mass is 429 g/mol. The number of hydrogen-bond donors (Lipinski definition) is 2. The number of nitro benzene ring substituents is 1. The fraction of sp³-hybridized carbons (Fsp3) is 0.333. The van der Waals surface area contributed by atoms with Crippen molar-refractivity contribution < 1.29 is 28.7 Å². The van der Waals surface area contributed by atoms with Crippen LogP contribution in [0.5, 0.6) is 11.5 Å². The summed E-state index contributed by atoms with van der Waals surface area (Å²) < 4.78 is 15.9. The number of benzene rings is 2. The van der Waals surface area contributed by atoms with Crippen molar-refractivity contribution in [3.8, 4) is 11.5 Å². The average Bonchev–Trinajstić information content (AvgIpc) is 3.30. The molecule has 1 heterocycles. The summed E-state index contributed by atoms with van der Waals surface area (Å²) >= 11 is 0. The number of para-hydroxylation sites is 1. The topological polar surface area (TPSA) is 129 Å². The fourth-order valence-electron chi connectivity index (χ4n) is 3.13. The molecule has 164 valence electrons. The smallest absolute Gasteiger partial charge is 0.311 e. The molecule has 2 aromatic rings. The Morgan fingerprint density at radius 2 is 2.06 bits per heavy atom. The second-order valence-corrected chi connectivity index (χ2v) is 6.82. The van der Waals surface area contributed by atoms with Gasteiger partial charge >= 0.3 is 5.69 Å². The quantitative estimate of drug-likeness (QED) is 0.463. The van der Waals surface area contributed by atoms with Crippen molar-refractivity contribution in [1.82, 2.24) is 5.32 Å². The highest BCUT2D eigenvalue weighted by Crippen LogP contribution is 2.30. The van der Waals surface area contributed by atoms with E-state index in [4.69, 9.17) is 14.2 Å². The van der Waals surface area contributed by atoms with E-state index in [0.29, 0.717) is 24.4 Å². The van der Waals surface area contributed by atoms with E-state index in [0.717, 1.165) is 12.8 Å². The van der Waals surface area contributed by atoms with E-state index < -0.39 is 10.8 Å². The molecule has 2 N–H and O–H groups in total. The molecule has 0 spiro atoms. The first-order valence-corrected chi connectivity index (χ1v) is 9.72. The Hall–Kier alpha value is -3.66. The van der Waals surface area contributed by atoms with Gasteiger partial charge in [0.15, 0.2) is 6.61 Å². The maximum absolute atomic E-state index is 12.5. The van der Waals surface area contributed by atoms with Crippen LogP contribution in [0.4, 0.5) is 11.4 Å². The third-order valence-corrected chi connectivity index (χ3v) is 4.68. The summed E-state index contributed by atoms with van der Waals surface area (Å²) in [6.07, 6.45) is 1.90. The Kier molecular flexibility index (Phi) is 7.39. The van der Waals surface area contributed by atoms with Crippen LogP contribution in [0, 0.1) is 10.1 Å². The van der Waals surface area contributed by atoms with Gasteiger partial charge < -0.3 is 24.8 Å². The van der Waals surface area contributed by atoms with Gasteiger partial charge in [0, 0.05) is 25.3 Å². The number of carbonyl (C=O) groups is 2. The van der Waals surface area contributed by atoms with Crippen LogP contribution < -0.4 is 20.1 Å². The van der Waals surface area contributed by atoms with Gasteiger partial charge in [-0.1, -0.05) is 12.1 Å². The highest BCUT2D eigenvalue weighted by molar-refractivity contribution is 6.04. The normalized spacial score (nSPS) is 15.2. The van der Waals surface area contributed by atoms with Crippen molar-refractivity contribution in [2.24, 2.45) is 0 Å². The molecule has 0 radical (unpaired) electrons. The van der Waals surface area contributed by atoms with E-state index in [2.05, 4.69) is 10.6 Å². The van der Waals surface area contributed by atoms with Gasteiger partial charge in [0.25, 0.3) is 11.8 Å². The summed E-state index contributed by atoms with van der Waals surface area (Å²) in [4.78, 5) is 35.2. The van der Waals surface area contributed by atoms with Gasteiger partial charge in [0.2, 0.25) is 5.75 Å². The summed E-state index contributed by atoms with van der Waals surface area (Å²) in [5, 5.41) is 16.4. The number of hydrogen-bond acceptors (Lipinski definition) is 7. The van der Waals surface area contributed by atoms with Crippen LogP contribution in [-0.2, 0) is 9.53 Å². The lowest BCUT2D eigenvalue weighted by molar-refractivity contribution is -0.385. The molecule has 1 unspecified atom stereocenters. The molecule has 3 rings (SSSR count). The highest BCUT2D eigenvalue weighted by Gasteiger charge is 2.19. The van der Waals surface area contributed by atoms with Gasteiger partial charge in [-0.15, -0.1) is 0 Å². The zero-order chi connectivity index (χ0) is 22.2. The third-order valence-electron chi connectivity index (χ3n) is 4.68. The summed E-state index contributed by atoms with van der Waals surface area (Å²) in [5.74, 6) is -0.541. The Bertz CT molecular complexity index is 958. The lowest BCUT2D eigenvalue weighted by Gasteiger charge is -2.14. The van der Waals surface area contributed by atoms with Crippen LogP contribution in [0.15, 0.2) is 42.5 Å². The number of nitrogens with zero attached hydrogens (tertiary/aromatic N) is 1. The molecule has 1 fully saturated rings. The Morgan fingerprint density at radius 1 is 1.26 bits per heavy atom. The van der Waals surface area contributed by atoms with Crippen LogP contribution in [0.25, 0.3) is 0 Å². The Balaban J connectivity index is 1.58. The average molecular weight is 429 g/mol. The summed E-state index contributed by atoms with van der Waals surface area (Å²) in [6, 6.07) is 10.6. The van der Waals surface area contributed by atoms with Gasteiger partial charge in [-0.3, -0.25) is 19.7 Å². The van der Waals surface area contributed by atoms with Crippen LogP contribution in [-0.4, -0.2) is 49.7 Å². The van der Waals surface area contributed by atoms with Crippen LogP contribution in [0.2, 0.25) is 0 Å². The molecule has 0 aliphatic carbocycles. The van der Waals surface area contributed by atoms with Crippen molar-refractivity contribution in [3.63, 3.8) is 0 Å². The lowest BCUT2D eigenvalue weighted by Crippen LogP contribution is -2.32. The molecule has 0 bridgehead atoms. The lowest BCUT2D eigenvalue weighted by atomic mass is 10.1. The molecule has 1 atom stereocenters. The molecule has 10 heteroatoms. The van der Waals surface area contributed by atoms with E-state index in [1.54, 1.807) is 24.3 Å². The molecule has 0 aromatic heterocycles. The minimum atomic E-state index is -0.573. The van der Waals surface area contributed by atoms with Gasteiger partial charge in [0.1, 0.15) is 5.75 Å². The minimum Gasteiger partial charge on any atom is -0.490 e. The van der Waals surface area contributed by atoms with Crippen LogP contribution in [0.3, 0.4) is 0 Å². The molecule has 31 heavy (non-hydrogen) atoms. The summed E-state index contributed by atoms with van der Waals surface area (Å²) in [6.45, 7) is 0.757. The van der Waals surface area contributed by atoms with Gasteiger partial charge in [-0.2, -0.15) is 0 Å². The van der Waals surface area contributed by atoms with Gasteiger partial charge in [0.05, 0.1) is 29.4 Å². The molecule has 2 amide bonds. The van der Waals surface area contributed by atoms with Crippen molar-refractivity contribution in [3.05, 3.63) is 58.1 Å². The first-order chi connectivity index (χ1) is 15.0. The van der Waals surface area contributed by atoms with E-state index >= 15 is 0 Å². The van der Waals surface area contributed by atoms with Crippen LogP contribution in [0.1, 0.15) is 23.2 Å². The number of amides is 2. The van der Waals surface area contributed by atoms with Gasteiger partial charge in [-0.05, 0) is 31.0 Å². The largest absolute Gasteiger partial charge is 0.490 e. The zero-order valence-electron chi connectivity index (χ0n) is 17.0. The Morgan fingerprint density at radius 3 is 2.77 bits per heavy atom. The van der Waals surface area contributed by atoms with E-state index in [1.165, 1.54) is 25.3 Å². The molecular weight excluding hydrogens is 406 g/mol. The predicted octanol–water partition coefficient (Wildman–Crippen LogP) is 2.53.